The highest BCUT2D eigenvalue weighted by molar-refractivity contribution is 5.94. The Kier molecular flexibility index (Phi) is 5.09. The standard InChI is InChI=1S/C22H21FN4O3/c1-22(2,29)7-9-30-15-5-6-16(18(23)10-15)17-12-27(14-4-3-8-24-11-14)20-19(17)21(28)26-13-25-20/h3-6,8,10-13,29H,7,9H2,1-2H3,(H,25,26,28). The quantitative estimate of drug-likeness (QED) is 0.510. The first kappa shape index (κ1) is 19.8. The number of H-pyrrole nitrogens is 1. The van der Waals surface area contributed by atoms with Crippen molar-refractivity contribution in [1.82, 2.24) is 19.5 Å². The van der Waals surface area contributed by atoms with Crippen LogP contribution in [0.2, 0.25) is 0 Å². The van der Waals surface area contributed by atoms with Gasteiger partial charge in [-0.15, -0.1) is 0 Å². The molecule has 30 heavy (non-hydrogen) atoms. The van der Waals surface area contributed by atoms with Gasteiger partial charge >= 0.3 is 0 Å². The summed E-state index contributed by atoms with van der Waals surface area (Å²) in [5, 5.41) is 10.1. The van der Waals surface area contributed by atoms with E-state index in [4.69, 9.17) is 4.74 Å². The predicted octanol–water partition coefficient (Wildman–Crippen LogP) is 3.45. The summed E-state index contributed by atoms with van der Waals surface area (Å²) in [5.41, 5.74) is 0.577. The van der Waals surface area contributed by atoms with Gasteiger partial charge in [0.2, 0.25) is 0 Å². The number of aliphatic hydroxyl groups is 1. The fourth-order valence-corrected chi connectivity index (χ4v) is 3.19. The van der Waals surface area contributed by atoms with E-state index < -0.39 is 11.4 Å². The van der Waals surface area contributed by atoms with E-state index in [9.17, 15) is 14.3 Å². The summed E-state index contributed by atoms with van der Waals surface area (Å²) in [6.45, 7) is 3.62. The smallest absolute Gasteiger partial charge is 0.260 e. The average molecular weight is 408 g/mol. The molecule has 0 aliphatic rings. The zero-order chi connectivity index (χ0) is 21.3. The van der Waals surface area contributed by atoms with Crippen molar-refractivity contribution in [2.24, 2.45) is 0 Å². The summed E-state index contributed by atoms with van der Waals surface area (Å²) in [6, 6.07) is 8.09. The van der Waals surface area contributed by atoms with Crippen LogP contribution in [0.1, 0.15) is 20.3 Å². The Labute approximate surface area is 171 Å². The second-order valence-electron chi connectivity index (χ2n) is 7.61. The van der Waals surface area contributed by atoms with Gasteiger partial charge in [-0.25, -0.2) is 9.37 Å². The molecular weight excluding hydrogens is 387 g/mol. The van der Waals surface area contributed by atoms with E-state index in [0.29, 0.717) is 29.1 Å². The highest BCUT2D eigenvalue weighted by Gasteiger charge is 2.19. The summed E-state index contributed by atoms with van der Waals surface area (Å²) in [5.74, 6) is -0.173. The van der Waals surface area contributed by atoms with Gasteiger partial charge in [0.15, 0.2) is 5.65 Å². The number of rotatable bonds is 6. The number of benzene rings is 1. The summed E-state index contributed by atoms with van der Waals surface area (Å²) in [4.78, 5) is 23.5. The number of hydrogen-bond donors (Lipinski definition) is 2. The van der Waals surface area contributed by atoms with Crippen LogP contribution in [0, 0.1) is 5.82 Å². The second-order valence-corrected chi connectivity index (χ2v) is 7.61. The molecule has 4 rings (SSSR count). The number of pyridine rings is 1. The summed E-state index contributed by atoms with van der Waals surface area (Å²) >= 11 is 0. The Bertz CT molecular complexity index is 1240. The van der Waals surface area contributed by atoms with Gasteiger partial charge in [-0.05, 0) is 38.1 Å². The molecule has 7 nitrogen and oxygen atoms in total. The van der Waals surface area contributed by atoms with Crippen molar-refractivity contribution in [2.75, 3.05) is 6.61 Å². The van der Waals surface area contributed by atoms with E-state index in [0.717, 1.165) is 0 Å². The molecule has 3 heterocycles. The zero-order valence-electron chi connectivity index (χ0n) is 16.6. The summed E-state index contributed by atoms with van der Waals surface area (Å²) in [7, 11) is 0. The summed E-state index contributed by atoms with van der Waals surface area (Å²) < 4.78 is 22.2. The van der Waals surface area contributed by atoms with Gasteiger partial charge in [0, 0.05) is 36.0 Å². The Morgan fingerprint density at radius 1 is 1.27 bits per heavy atom. The zero-order valence-corrected chi connectivity index (χ0v) is 16.6. The average Bonchev–Trinajstić information content (AvgIpc) is 3.09. The molecular formula is C22H21FN4O3. The first-order valence-corrected chi connectivity index (χ1v) is 9.48. The Morgan fingerprint density at radius 3 is 2.80 bits per heavy atom. The lowest BCUT2D eigenvalue weighted by Gasteiger charge is -2.17. The monoisotopic (exact) mass is 408 g/mol. The fraction of sp³-hybridized carbons (Fsp3) is 0.227. The van der Waals surface area contributed by atoms with E-state index >= 15 is 0 Å². The number of hydrogen-bond acceptors (Lipinski definition) is 5. The van der Waals surface area contributed by atoms with E-state index in [2.05, 4.69) is 15.0 Å². The van der Waals surface area contributed by atoms with Crippen LogP contribution in [0.3, 0.4) is 0 Å². The molecule has 0 atom stereocenters. The van der Waals surface area contributed by atoms with Crippen LogP contribution in [-0.4, -0.2) is 36.8 Å². The van der Waals surface area contributed by atoms with Crippen LogP contribution in [0.5, 0.6) is 5.75 Å². The maximum absolute atomic E-state index is 15.0. The van der Waals surface area contributed by atoms with Crippen molar-refractivity contribution < 1.29 is 14.2 Å². The maximum Gasteiger partial charge on any atom is 0.260 e. The predicted molar refractivity (Wildman–Crippen MR) is 111 cm³/mol. The number of nitrogens with one attached hydrogen (secondary N) is 1. The molecule has 154 valence electrons. The van der Waals surface area contributed by atoms with Crippen LogP contribution in [0.4, 0.5) is 4.39 Å². The van der Waals surface area contributed by atoms with Crippen LogP contribution in [-0.2, 0) is 0 Å². The number of fused-ring (bicyclic) bond motifs is 1. The van der Waals surface area contributed by atoms with E-state index in [1.165, 1.54) is 12.4 Å². The van der Waals surface area contributed by atoms with Crippen molar-refractivity contribution in [3.8, 4) is 22.6 Å². The molecule has 0 bridgehead atoms. The van der Waals surface area contributed by atoms with Crippen molar-refractivity contribution in [2.45, 2.75) is 25.9 Å². The van der Waals surface area contributed by atoms with Gasteiger partial charge in [-0.3, -0.25) is 14.3 Å². The topological polar surface area (TPSA) is 93.0 Å². The molecule has 3 aromatic heterocycles. The molecule has 0 fully saturated rings. The van der Waals surface area contributed by atoms with Crippen molar-refractivity contribution in [3.63, 3.8) is 0 Å². The minimum atomic E-state index is -0.860. The van der Waals surface area contributed by atoms with Crippen molar-refractivity contribution in [1.29, 1.82) is 0 Å². The SMILES string of the molecule is CC(C)(O)CCOc1ccc(-c2cn(-c3cccnc3)c3nc[nH]c(=O)c23)c(F)c1. The molecule has 1 aromatic carbocycles. The highest BCUT2D eigenvalue weighted by Crippen LogP contribution is 2.32. The Balaban J connectivity index is 1.76. The van der Waals surface area contributed by atoms with Gasteiger partial charge in [-0.2, -0.15) is 0 Å². The molecule has 4 aromatic rings. The molecule has 0 radical (unpaired) electrons. The van der Waals surface area contributed by atoms with Crippen molar-refractivity contribution >= 4 is 11.0 Å². The molecule has 8 heteroatoms. The third-order valence-electron chi connectivity index (χ3n) is 4.73. The molecule has 0 spiro atoms. The lowest BCUT2D eigenvalue weighted by atomic mass is 10.1. The Morgan fingerprint density at radius 2 is 2.10 bits per heavy atom. The minimum absolute atomic E-state index is 0.256. The van der Waals surface area contributed by atoms with Crippen LogP contribution in [0.25, 0.3) is 27.8 Å². The second kappa shape index (κ2) is 7.72. The van der Waals surface area contributed by atoms with Crippen LogP contribution < -0.4 is 10.3 Å². The Hall–Kier alpha value is -3.52. The van der Waals surface area contributed by atoms with E-state index in [1.54, 1.807) is 55.2 Å². The lowest BCUT2D eigenvalue weighted by Crippen LogP contribution is -2.21. The molecule has 0 unspecified atom stereocenters. The molecule has 2 N–H and O–H groups in total. The largest absolute Gasteiger partial charge is 0.493 e. The number of aromatic nitrogens is 4. The normalized spacial score (nSPS) is 11.7. The van der Waals surface area contributed by atoms with Crippen LogP contribution >= 0.6 is 0 Å². The van der Waals surface area contributed by atoms with Gasteiger partial charge in [0.25, 0.3) is 5.56 Å². The summed E-state index contributed by atoms with van der Waals surface area (Å²) in [6.07, 6.45) is 6.69. The third kappa shape index (κ3) is 3.95. The minimum Gasteiger partial charge on any atom is -0.493 e. The van der Waals surface area contributed by atoms with Gasteiger partial charge in [0.1, 0.15) is 11.6 Å². The van der Waals surface area contributed by atoms with E-state index in [1.807, 2.05) is 6.07 Å². The number of nitrogens with zero attached hydrogens (tertiary/aromatic N) is 3. The number of halogens is 1. The van der Waals surface area contributed by atoms with E-state index in [-0.39, 0.29) is 23.1 Å². The van der Waals surface area contributed by atoms with Gasteiger partial charge in [0.05, 0.1) is 35.8 Å². The number of aromatic amines is 1. The third-order valence-corrected chi connectivity index (χ3v) is 4.73. The first-order valence-electron chi connectivity index (χ1n) is 9.48. The van der Waals surface area contributed by atoms with Crippen LogP contribution in [0.15, 0.2) is 60.0 Å². The van der Waals surface area contributed by atoms with Crippen molar-refractivity contribution in [3.05, 3.63) is 71.4 Å². The number of ether oxygens (including phenoxy) is 1. The molecule has 0 aliphatic carbocycles. The lowest BCUT2D eigenvalue weighted by molar-refractivity contribution is 0.0553. The molecule has 0 saturated heterocycles. The highest BCUT2D eigenvalue weighted by atomic mass is 19.1. The first-order chi connectivity index (χ1) is 14.3. The molecule has 0 amide bonds. The fourth-order valence-electron chi connectivity index (χ4n) is 3.19. The maximum atomic E-state index is 15.0. The van der Waals surface area contributed by atoms with Gasteiger partial charge in [-0.1, -0.05) is 0 Å². The van der Waals surface area contributed by atoms with Gasteiger partial charge < -0.3 is 14.8 Å². The molecule has 0 aliphatic heterocycles. The molecule has 0 saturated carbocycles.